The smallest absolute Gasteiger partial charge is 0.277 e. The summed E-state index contributed by atoms with van der Waals surface area (Å²) in [5.74, 6) is -0.859. The lowest BCUT2D eigenvalue weighted by Crippen LogP contribution is -2.39. The van der Waals surface area contributed by atoms with Crippen LogP contribution in [0.1, 0.15) is 45.8 Å². The van der Waals surface area contributed by atoms with E-state index in [2.05, 4.69) is 5.10 Å². The predicted octanol–water partition coefficient (Wildman–Crippen LogP) is 3.34. The first-order chi connectivity index (χ1) is 16.0. The quantitative estimate of drug-likeness (QED) is 0.641. The van der Waals surface area contributed by atoms with Gasteiger partial charge in [0, 0.05) is 36.4 Å². The Balaban J connectivity index is 1.51. The van der Waals surface area contributed by atoms with Crippen molar-refractivity contribution in [1.29, 1.82) is 0 Å². The lowest BCUT2D eigenvalue weighted by molar-refractivity contribution is -0.119. The minimum Gasteiger partial charge on any atom is -0.364 e. The number of para-hydroxylation sites is 1. The Labute approximate surface area is 195 Å². The number of primary amides is 1. The van der Waals surface area contributed by atoms with E-state index in [0.29, 0.717) is 47.9 Å². The molecule has 168 valence electrons. The van der Waals surface area contributed by atoms with Crippen molar-refractivity contribution in [2.45, 2.75) is 25.7 Å². The van der Waals surface area contributed by atoms with Crippen LogP contribution in [0.25, 0.3) is 5.69 Å². The third-order valence-electron chi connectivity index (χ3n) is 6.13. The molecule has 0 saturated carbocycles. The fourth-order valence-corrected chi connectivity index (χ4v) is 4.71. The van der Waals surface area contributed by atoms with Crippen molar-refractivity contribution < 1.29 is 14.4 Å². The van der Waals surface area contributed by atoms with Crippen LogP contribution in [0, 0.1) is 0 Å². The van der Waals surface area contributed by atoms with Crippen molar-refractivity contribution in [1.82, 2.24) is 9.78 Å². The number of amides is 3. The zero-order chi connectivity index (χ0) is 23.1. The number of anilines is 2. The van der Waals surface area contributed by atoms with E-state index in [9.17, 15) is 14.4 Å². The van der Waals surface area contributed by atoms with Crippen LogP contribution in [0.3, 0.4) is 0 Å². The first-order valence-electron chi connectivity index (χ1n) is 10.8. The molecule has 0 spiro atoms. The predicted molar refractivity (Wildman–Crippen MR) is 125 cm³/mol. The molecule has 5 rings (SSSR count). The monoisotopic (exact) mass is 463 g/mol. The van der Waals surface area contributed by atoms with Gasteiger partial charge in [0.2, 0.25) is 5.91 Å². The topological polar surface area (TPSA) is 102 Å². The molecule has 0 bridgehead atoms. The number of nitrogens with zero attached hydrogens (tertiary/aromatic N) is 4. The van der Waals surface area contributed by atoms with Crippen LogP contribution < -0.4 is 15.5 Å². The number of piperidine rings is 1. The van der Waals surface area contributed by atoms with Crippen molar-refractivity contribution in [3.05, 3.63) is 70.5 Å². The second-order valence-corrected chi connectivity index (χ2v) is 8.54. The van der Waals surface area contributed by atoms with Gasteiger partial charge in [0.05, 0.1) is 10.7 Å². The standard InChI is InChI=1S/C24H22ClN5O3/c25-18-5-1-2-6-19(18)30-22-17(21(27-30)23(26)32)12-14-29(24(22)33)16-10-8-15(9-11-16)28-13-4-3-7-20(28)31/h1-2,5-6,8-11H,3-4,7,12-14H2,(H2,26,32). The zero-order valence-corrected chi connectivity index (χ0v) is 18.6. The Bertz CT molecular complexity index is 1270. The third kappa shape index (κ3) is 3.66. The fourth-order valence-electron chi connectivity index (χ4n) is 4.49. The number of aromatic nitrogens is 2. The molecule has 3 heterocycles. The summed E-state index contributed by atoms with van der Waals surface area (Å²) in [4.78, 5) is 41.3. The number of hydrogen-bond donors (Lipinski definition) is 1. The Morgan fingerprint density at radius 1 is 0.909 bits per heavy atom. The van der Waals surface area contributed by atoms with E-state index in [1.807, 2.05) is 24.3 Å². The summed E-state index contributed by atoms with van der Waals surface area (Å²) in [7, 11) is 0. The number of halogens is 1. The molecule has 2 aliphatic rings. The Morgan fingerprint density at radius 3 is 2.27 bits per heavy atom. The van der Waals surface area contributed by atoms with Crippen LogP contribution in [-0.2, 0) is 11.2 Å². The maximum atomic E-state index is 13.6. The van der Waals surface area contributed by atoms with Crippen LogP contribution in [0.4, 0.5) is 11.4 Å². The van der Waals surface area contributed by atoms with Gasteiger partial charge < -0.3 is 15.5 Å². The molecule has 3 amide bonds. The van der Waals surface area contributed by atoms with Crippen LogP contribution >= 0.6 is 11.6 Å². The van der Waals surface area contributed by atoms with Crippen LogP contribution in [0.2, 0.25) is 5.02 Å². The van der Waals surface area contributed by atoms with Gasteiger partial charge in [-0.25, -0.2) is 4.68 Å². The highest BCUT2D eigenvalue weighted by molar-refractivity contribution is 6.32. The molecule has 1 fully saturated rings. The summed E-state index contributed by atoms with van der Waals surface area (Å²) in [5, 5.41) is 4.75. The molecule has 33 heavy (non-hydrogen) atoms. The maximum absolute atomic E-state index is 13.6. The second kappa shape index (κ2) is 8.37. The van der Waals surface area contributed by atoms with Crippen molar-refractivity contribution in [2.24, 2.45) is 5.73 Å². The number of nitrogens with two attached hydrogens (primary N) is 1. The molecule has 0 radical (unpaired) electrons. The van der Waals surface area contributed by atoms with E-state index in [-0.39, 0.29) is 23.2 Å². The fraction of sp³-hybridized carbons (Fsp3) is 0.250. The second-order valence-electron chi connectivity index (χ2n) is 8.13. The summed E-state index contributed by atoms with van der Waals surface area (Å²) in [6.07, 6.45) is 2.89. The highest BCUT2D eigenvalue weighted by Gasteiger charge is 2.35. The average Bonchev–Trinajstić information content (AvgIpc) is 3.21. The van der Waals surface area contributed by atoms with Crippen molar-refractivity contribution in [2.75, 3.05) is 22.9 Å². The molecule has 1 aromatic heterocycles. The van der Waals surface area contributed by atoms with Gasteiger partial charge in [0.25, 0.3) is 11.8 Å². The lowest BCUT2D eigenvalue weighted by Gasteiger charge is -2.29. The molecule has 9 heteroatoms. The van der Waals surface area contributed by atoms with Gasteiger partial charge in [-0.3, -0.25) is 14.4 Å². The lowest BCUT2D eigenvalue weighted by atomic mass is 10.0. The normalized spacial score (nSPS) is 16.2. The Morgan fingerprint density at radius 2 is 1.61 bits per heavy atom. The van der Waals surface area contributed by atoms with Gasteiger partial charge in [-0.05, 0) is 55.7 Å². The summed E-state index contributed by atoms with van der Waals surface area (Å²) >= 11 is 6.36. The SMILES string of the molecule is NC(=O)c1nn(-c2ccccc2Cl)c2c1CCN(c1ccc(N3CCCCC3=O)cc1)C2=O. The number of carbonyl (C=O) groups excluding carboxylic acids is 3. The number of carbonyl (C=O) groups is 3. The number of rotatable bonds is 4. The molecule has 1 saturated heterocycles. The molecule has 2 N–H and O–H groups in total. The molecule has 3 aromatic rings. The summed E-state index contributed by atoms with van der Waals surface area (Å²) in [6, 6.07) is 14.4. The van der Waals surface area contributed by atoms with Crippen LogP contribution in [-0.4, -0.2) is 40.6 Å². The molecule has 0 unspecified atom stereocenters. The van der Waals surface area contributed by atoms with Crippen LogP contribution in [0.5, 0.6) is 0 Å². The van der Waals surface area contributed by atoms with Gasteiger partial charge in [0.1, 0.15) is 5.69 Å². The summed E-state index contributed by atoms with van der Waals surface area (Å²) in [6.45, 7) is 1.08. The van der Waals surface area contributed by atoms with E-state index in [4.69, 9.17) is 17.3 Å². The maximum Gasteiger partial charge on any atom is 0.277 e. The molecule has 0 atom stereocenters. The number of benzene rings is 2. The van der Waals surface area contributed by atoms with Gasteiger partial charge in [-0.1, -0.05) is 23.7 Å². The average molecular weight is 464 g/mol. The van der Waals surface area contributed by atoms with Crippen molar-refractivity contribution in [3.63, 3.8) is 0 Å². The molecule has 2 aliphatic heterocycles. The Hall–Kier alpha value is -3.65. The molecule has 2 aromatic carbocycles. The minimum atomic E-state index is -0.686. The summed E-state index contributed by atoms with van der Waals surface area (Å²) < 4.78 is 1.41. The highest BCUT2D eigenvalue weighted by Crippen LogP contribution is 2.32. The summed E-state index contributed by atoms with van der Waals surface area (Å²) in [5.41, 5.74) is 8.46. The molecule has 8 nitrogen and oxygen atoms in total. The van der Waals surface area contributed by atoms with Gasteiger partial charge in [-0.2, -0.15) is 5.10 Å². The van der Waals surface area contributed by atoms with E-state index in [1.165, 1.54) is 4.68 Å². The largest absolute Gasteiger partial charge is 0.364 e. The van der Waals surface area contributed by atoms with Crippen LogP contribution in [0.15, 0.2) is 48.5 Å². The zero-order valence-electron chi connectivity index (χ0n) is 17.8. The van der Waals surface area contributed by atoms with Crippen molar-refractivity contribution >= 4 is 40.7 Å². The minimum absolute atomic E-state index is 0.0804. The third-order valence-corrected chi connectivity index (χ3v) is 6.45. The van der Waals surface area contributed by atoms with Gasteiger partial charge in [-0.15, -0.1) is 0 Å². The van der Waals surface area contributed by atoms with Gasteiger partial charge >= 0.3 is 0 Å². The van der Waals surface area contributed by atoms with Gasteiger partial charge in [0.15, 0.2) is 5.69 Å². The molecular formula is C24H22ClN5O3. The van der Waals surface area contributed by atoms with E-state index in [1.54, 1.807) is 34.1 Å². The Kier molecular flexibility index (Phi) is 5.38. The highest BCUT2D eigenvalue weighted by atomic mass is 35.5. The number of fused-ring (bicyclic) bond motifs is 1. The van der Waals surface area contributed by atoms with Crippen molar-refractivity contribution in [3.8, 4) is 5.69 Å². The first-order valence-corrected chi connectivity index (χ1v) is 11.2. The molecular weight excluding hydrogens is 442 g/mol. The van der Waals surface area contributed by atoms with E-state index >= 15 is 0 Å². The van der Waals surface area contributed by atoms with E-state index in [0.717, 1.165) is 18.5 Å². The van der Waals surface area contributed by atoms with E-state index < -0.39 is 5.91 Å². The first kappa shape index (κ1) is 21.2. The molecule has 0 aliphatic carbocycles. The number of hydrogen-bond acceptors (Lipinski definition) is 4.